The molecule has 0 bridgehead atoms. The quantitative estimate of drug-likeness (QED) is 0.742. The van der Waals surface area contributed by atoms with E-state index in [1.807, 2.05) is 6.07 Å². The molecule has 0 unspecified atom stereocenters. The molecule has 2 aromatic rings. The van der Waals surface area contributed by atoms with Crippen LogP contribution in [0, 0.1) is 5.82 Å². The topological polar surface area (TPSA) is 67.4 Å². The SMILES string of the molecule is COC(=O)C1(c2cccc(NC(=O)c3cc4c(cc3F)CCNC4)c2)CCC1.Cl. The number of halogens is 2. The number of esters is 1. The second-order valence-corrected chi connectivity index (χ2v) is 7.49. The molecule has 154 valence electrons. The van der Waals surface area contributed by atoms with Crippen LogP contribution >= 0.6 is 12.4 Å². The smallest absolute Gasteiger partial charge is 0.316 e. The number of carbonyl (C=O) groups is 2. The van der Waals surface area contributed by atoms with Gasteiger partial charge in [-0.3, -0.25) is 9.59 Å². The zero-order valence-electron chi connectivity index (χ0n) is 16.2. The fourth-order valence-electron chi connectivity index (χ4n) is 4.11. The van der Waals surface area contributed by atoms with Gasteiger partial charge in [0.15, 0.2) is 0 Å². The van der Waals surface area contributed by atoms with Gasteiger partial charge >= 0.3 is 5.97 Å². The number of methoxy groups -OCH3 is 1. The van der Waals surface area contributed by atoms with E-state index >= 15 is 0 Å². The molecule has 1 amide bonds. The first-order valence-corrected chi connectivity index (χ1v) is 9.56. The number of anilines is 1. The molecule has 0 saturated heterocycles. The van der Waals surface area contributed by atoms with Crippen LogP contribution in [0.25, 0.3) is 0 Å². The minimum atomic E-state index is -0.641. The van der Waals surface area contributed by atoms with Gasteiger partial charge in [0.1, 0.15) is 5.82 Å². The molecule has 1 aliphatic carbocycles. The predicted octanol–water partition coefficient (Wildman–Crippen LogP) is 3.74. The number of ether oxygens (including phenoxy) is 1. The van der Waals surface area contributed by atoms with E-state index in [1.165, 1.54) is 13.2 Å². The molecule has 5 nitrogen and oxygen atoms in total. The van der Waals surface area contributed by atoms with Crippen molar-refractivity contribution in [2.75, 3.05) is 19.0 Å². The summed E-state index contributed by atoms with van der Waals surface area (Å²) in [5.41, 5.74) is 2.63. The Bertz CT molecular complexity index is 944. The van der Waals surface area contributed by atoms with Gasteiger partial charge in [-0.05, 0) is 66.8 Å². The summed E-state index contributed by atoms with van der Waals surface area (Å²) < 4.78 is 19.5. The Kier molecular flexibility index (Phi) is 6.24. The van der Waals surface area contributed by atoms with E-state index in [1.54, 1.807) is 24.3 Å². The second-order valence-electron chi connectivity index (χ2n) is 7.49. The number of nitrogens with one attached hydrogen (secondary N) is 2. The standard InChI is InChI=1S/C22H23FN2O3.ClH/c1-28-21(27)22(7-3-8-22)16-4-2-5-17(12-16)25-20(26)18-10-15-13-24-9-6-14(15)11-19(18)23;/h2,4-5,10-12,24H,3,6-9,13H2,1H3,(H,25,26);1H. The molecule has 1 heterocycles. The van der Waals surface area contributed by atoms with Crippen LogP contribution in [0.15, 0.2) is 36.4 Å². The normalized spacial score (nSPS) is 16.6. The lowest BCUT2D eigenvalue weighted by atomic mass is 9.64. The van der Waals surface area contributed by atoms with Crippen LogP contribution in [0.4, 0.5) is 10.1 Å². The van der Waals surface area contributed by atoms with E-state index in [4.69, 9.17) is 4.74 Å². The third-order valence-electron chi connectivity index (χ3n) is 5.88. The van der Waals surface area contributed by atoms with Gasteiger partial charge in [0.05, 0.1) is 18.1 Å². The van der Waals surface area contributed by atoms with E-state index in [9.17, 15) is 14.0 Å². The summed E-state index contributed by atoms with van der Waals surface area (Å²) in [5.74, 6) is -1.27. The lowest BCUT2D eigenvalue weighted by Crippen LogP contribution is -2.43. The predicted molar refractivity (Wildman–Crippen MR) is 111 cm³/mol. The van der Waals surface area contributed by atoms with Crippen molar-refractivity contribution in [2.45, 2.75) is 37.6 Å². The molecule has 0 aromatic heterocycles. The van der Waals surface area contributed by atoms with E-state index in [2.05, 4.69) is 10.6 Å². The molecule has 2 aliphatic rings. The monoisotopic (exact) mass is 418 g/mol. The van der Waals surface area contributed by atoms with Crippen molar-refractivity contribution >= 4 is 30.0 Å². The number of carbonyl (C=O) groups excluding carboxylic acids is 2. The molecular weight excluding hydrogens is 395 g/mol. The third kappa shape index (κ3) is 3.87. The van der Waals surface area contributed by atoms with Crippen LogP contribution in [-0.2, 0) is 27.9 Å². The molecule has 1 aliphatic heterocycles. The largest absolute Gasteiger partial charge is 0.468 e. The van der Waals surface area contributed by atoms with Crippen molar-refractivity contribution in [1.82, 2.24) is 5.32 Å². The van der Waals surface area contributed by atoms with Gasteiger partial charge in [0.25, 0.3) is 5.91 Å². The number of rotatable bonds is 4. The van der Waals surface area contributed by atoms with Gasteiger partial charge in [-0.2, -0.15) is 0 Å². The van der Waals surface area contributed by atoms with Crippen LogP contribution in [0.3, 0.4) is 0 Å². The molecule has 0 atom stereocenters. The summed E-state index contributed by atoms with van der Waals surface area (Å²) in [6, 6.07) is 10.3. The summed E-state index contributed by atoms with van der Waals surface area (Å²) in [5, 5.41) is 6.00. The molecule has 2 aromatic carbocycles. The highest BCUT2D eigenvalue weighted by atomic mass is 35.5. The summed E-state index contributed by atoms with van der Waals surface area (Å²) in [6.45, 7) is 1.44. The highest BCUT2D eigenvalue weighted by Crippen LogP contribution is 2.45. The summed E-state index contributed by atoms with van der Waals surface area (Å²) in [4.78, 5) is 25.0. The van der Waals surface area contributed by atoms with Crippen molar-refractivity contribution < 1.29 is 18.7 Å². The zero-order valence-corrected chi connectivity index (χ0v) is 17.0. The molecule has 1 saturated carbocycles. The van der Waals surface area contributed by atoms with Crippen molar-refractivity contribution in [3.8, 4) is 0 Å². The number of fused-ring (bicyclic) bond motifs is 1. The summed E-state index contributed by atoms with van der Waals surface area (Å²) >= 11 is 0. The Morgan fingerprint density at radius 1 is 1.17 bits per heavy atom. The zero-order chi connectivity index (χ0) is 19.7. The fourth-order valence-corrected chi connectivity index (χ4v) is 4.11. The molecule has 7 heteroatoms. The van der Waals surface area contributed by atoms with E-state index in [-0.39, 0.29) is 23.9 Å². The first-order valence-electron chi connectivity index (χ1n) is 9.56. The van der Waals surface area contributed by atoms with Gasteiger partial charge < -0.3 is 15.4 Å². The lowest BCUT2D eigenvalue weighted by molar-refractivity contribution is -0.151. The molecule has 2 N–H and O–H groups in total. The number of hydrogen-bond donors (Lipinski definition) is 2. The highest BCUT2D eigenvalue weighted by Gasteiger charge is 2.46. The Morgan fingerprint density at radius 2 is 1.97 bits per heavy atom. The molecule has 0 radical (unpaired) electrons. The average molecular weight is 419 g/mol. The fraction of sp³-hybridized carbons (Fsp3) is 0.364. The van der Waals surface area contributed by atoms with E-state index in [0.29, 0.717) is 12.2 Å². The average Bonchev–Trinajstić information content (AvgIpc) is 2.66. The number of amides is 1. The van der Waals surface area contributed by atoms with Crippen LogP contribution in [0.1, 0.15) is 46.3 Å². The maximum Gasteiger partial charge on any atom is 0.316 e. The van der Waals surface area contributed by atoms with Gasteiger partial charge in [-0.15, -0.1) is 12.4 Å². The van der Waals surface area contributed by atoms with Gasteiger partial charge in [-0.1, -0.05) is 18.6 Å². The van der Waals surface area contributed by atoms with Crippen molar-refractivity contribution in [2.24, 2.45) is 0 Å². The first kappa shape index (κ1) is 21.3. The van der Waals surface area contributed by atoms with Crippen molar-refractivity contribution in [1.29, 1.82) is 0 Å². The second kappa shape index (κ2) is 8.51. The van der Waals surface area contributed by atoms with E-state index < -0.39 is 17.1 Å². The summed E-state index contributed by atoms with van der Waals surface area (Å²) in [7, 11) is 1.39. The minimum absolute atomic E-state index is 0. The molecular formula is C22H24ClFN2O3. The molecule has 0 spiro atoms. The number of benzene rings is 2. The Balaban J connectivity index is 0.00000240. The van der Waals surface area contributed by atoms with Crippen LogP contribution in [-0.4, -0.2) is 25.5 Å². The first-order chi connectivity index (χ1) is 13.5. The van der Waals surface area contributed by atoms with Crippen LogP contribution in [0.2, 0.25) is 0 Å². The Morgan fingerprint density at radius 3 is 2.66 bits per heavy atom. The van der Waals surface area contributed by atoms with Crippen LogP contribution < -0.4 is 10.6 Å². The molecule has 1 fully saturated rings. The maximum absolute atomic E-state index is 14.5. The van der Waals surface area contributed by atoms with Gasteiger partial charge in [0.2, 0.25) is 0 Å². The van der Waals surface area contributed by atoms with E-state index in [0.717, 1.165) is 48.9 Å². The third-order valence-corrected chi connectivity index (χ3v) is 5.88. The maximum atomic E-state index is 14.5. The van der Waals surface area contributed by atoms with Gasteiger partial charge in [0, 0.05) is 12.2 Å². The molecule has 4 rings (SSSR count). The van der Waals surface area contributed by atoms with Crippen molar-refractivity contribution in [3.05, 3.63) is 64.5 Å². The summed E-state index contributed by atoms with van der Waals surface area (Å²) in [6.07, 6.45) is 3.17. The Hall–Kier alpha value is -2.44. The Labute approximate surface area is 175 Å². The highest BCUT2D eigenvalue weighted by molar-refractivity contribution is 6.04. The lowest BCUT2D eigenvalue weighted by Gasteiger charge is -2.39. The molecule has 29 heavy (non-hydrogen) atoms. The number of hydrogen-bond acceptors (Lipinski definition) is 4. The minimum Gasteiger partial charge on any atom is -0.468 e. The van der Waals surface area contributed by atoms with Gasteiger partial charge in [-0.25, -0.2) is 4.39 Å². The van der Waals surface area contributed by atoms with Crippen LogP contribution in [0.5, 0.6) is 0 Å². The van der Waals surface area contributed by atoms with Crippen molar-refractivity contribution in [3.63, 3.8) is 0 Å².